The number of benzene rings is 1. The Kier molecular flexibility index (Phi) is 2.46. The number of anilines is 1. The van der Waals surface area contributed by atoms with Crippen molar-refractivity contribution in [2.75, 3.05) is 12.4 Å². The van der Waals surface area contributed by atoms with E-state index in [-0.39, 0.29) is 0 Å². The topological polar surface area (TPSA) is 38.1 Å². The first-order valence-corrected chi connectivity index (χ1v) is 4.92. The second-order valence-electron chi connectivity index (χ2n) is 3.58. The maximum Gasteiger partial charge on any atom is 0.294 e. The van der Waals surface area contributed by atoms with Crippen LogP contribution in [0.15, 0.2) is 28.8 Å². The predicted molar refractivity (Wildman–Crippen MR) is 61.0 cm³/mol. The van der Waals surface area contributed by atoms with E-state index in [0.717, 1.165) is 11.3 Å². The Hall–Kier alpha value is -1.77. The van der Waals surface area contributed by atoms with Crippen molar-refractivity contribution in [1.82, 2.24) is 4.98 Å². The SMILES string of the molecule is CNc1ncc(-c2ccc(C)c(C)c2)o1. The van der Waals surface area contributed by atoms with Crippen LogP contribution < -0.4 is 5.32 Å². The minimum Gasteiger partial charge on any atom is -0.424 e. The molecule has 0 atom stereocenters. The van der Waals surface area contributed by atoms with Crippen LogP contribution in [-0.2, 0) is 0 Å². The smallest absolute Gasteiger partial charge is 0.294 e. The van der Waals surface area contributed by atoms with E-state index in [1.54, 1.807) is 13.2 Å². The van der Waals surface area contributed by atoms with Gasteiger partial charge in [-0.05, 0) is 31.0 Å². The Morgan fingerprint density at radius 1 is 1.20 bits per heavy atom. The first-order valence-electron chi connectivity index (χ1n) is 4.92. The summed E-state index contributed by atoms with van der Waals surface area (Å²) in [5.74, 6) is 0.794. The number of aromatic nitrogens is 1. The van der Waals surface area contributed by atoms with Crippen LogP contribution in [-0.4, -0.2) is 12.0 Å². The maximum absolute atomic E-state index is 5.49. The number of oxazole rings is 1. The lowest BCUT2D eigenvalue weighted by Crippen LogP contribution is -1.85. The molecule has 2 rings (SSSR count). The zero-order valence-corrected chi connectivity index (χ0v) is 9.16. The quantitative estimate of drug-likeness (QED) is 0.813. The number of hydrogen-bond donors (Lipinski definition) is 1. The zero-order valence-electron chi connectivity index (χ0n) is 9.16. The van der Waals surface area contributed by atoms with Crippen molar-refractivity contribution in [2.45, 2.75) is 13.8 Å². The van der Waals surface area contributed by atoms with Crippen LogP contribution in [0.1, 0.15) is 11.1 Å². The highest BCUT2D eigenvalue weighted by atomic mass is 16.4. The average molecular weight is 202 g/mol. The molecule has 2 aromatic rings. The molecule has 0 unspecified atom stereocenters. The van der Waals surface area contributed by atoms with Crippen LogP contribution in [0.25, 0.3) is 11.3 Å². The van der Waals surface area contributed by atoms with Gasteiger partial charge in [0, 0.05) is 12.6 Å². The summed E-state index contributed by atoms with van der Waals surface area (Å²) in [5, 5.41) is 2.87. The van der Waals surface area contributed by atoms with Gasteiger partial charge in [-0.15, -0.1) is 0 Å². The van der Waals surface area contributed by atoms with Crippen molar-refractivity contribution in [1.29, 1.82) is 0 Å². The summed E-state index contributed by atoms with van der Waals surface area (Å²) >= 11 is 0. The minimum absolute atomic E-state index is 0.545. The summed E-state index contributed by atoms with van der Waals surface area (Å²) in [5.41, 5.74) is 3.61. The molecular formula is C12H14N2O. The van der Waals surface area contributed by atoms with Crippen molar-refractivity contribution >= 4 is 6.01 Å². The molecule has 0 aliphatic heterocycles. The second-order valence-corrected chi connectivity index (χ2v) is 3.58. The zero-order chi connectivity index (χ0) is 10.8. The Morgan fingerprint density at radius 3 is 2.60 bits per heavy atom. The fourth-order valence-electron chi connectivity index (χ4n) is 1.42. The lowest BCUT2D eigenvalue weighted by molar-refractivity contribution is 0.589. The van der Waals surface area contributed by atoms with E-state index in [1.807, 2.05) is 6.07 Å². The first kappa shape index (κ1) is 9.77. The Labute approximate surface area is 89.1 Å². The van der Waals surface area contributed by atoms with Gasteiger partial charge in [0.05, 0.1) is 6.20 Å². The number of nitrogens with one attached hydrogen (secondary N) is 1. The number of aryl methyl sites for hydroxylation is 2. The van der Waals surface area contributed by atoms with Gasteiger partial charge >= 0.3 is 0 Å². The molecule has 3 nitrogen and oxygen atoms in total. The molecule has 0 saturated heterocycles. The maximum atomic E-state index is 5.49. The molecule has 0 fully saturated rings. The molecule has 0 radical (unpaired) electrons. The largest absolute Gasteiger partial charge is 0.424 e. The lowest BCUT2D eigenvalue weighted by Gasteiger charge is -2.01. The summed E-state index contributed by atoms with van der Waals surface area (Å²) in [6.45, 7) is 4.19. The normalized spacial score (nSPS) is 10.3. The van der Waals surface area contributed by atoms with Gasteiger partial charge in [-0.1, -0.05) is 12.1 Å². The third-order valence-electron chi connectivity index (χ3n) is 2.51. The average Bonchev–Trinajstić information content (AvgIpc) is 2.70. The van der Waals surface area contributed by atoms with Crippen molar-refractivity contribution in [3.63, 3.8) is 0 Å². The van der Waals surface area contributed by atoms with E-state index < -0.39 is 0 Å². The molecule has 1 aromatic heterocycles. The highest BCUT2D eigenvalue weighted by Crippen LogP contribution is 2.24. The summed E-state index contributed by atoms with van der Waals surface area (Å²) < 4.78 is 5.49. The molecule has 3 heteroatoms. The predicted octanol–water partition coefficient (Wildman–Crippen LogP) is 3.00. The van der Waals surface area contributed by atoms with Gasteiger partial charge < -0.3 is 9.73 Å². The molecule has 0 amide bonds. The summed E-state index contributed by atoms with van der Waals surface area (Å²) in [7, 11) is 1.79. The lowest BCUT2D eigenvalue weighted by atomic mass is 10.1. The monoisotopic (exact) mass is 202 g/mol. The number of rotatable bonds is 2. The third kappa shape index (κ3) is 1.86. The highest BCUT2D eigenvalue weighted by molar-refractivity contribution is 5.59. The standard InChI is InChI=1S/C12H14N2O/c1-8-4-5-10(6-9(8)2)11-7-14-12(13-3)15-11/h4-7H,1-3H3,(H,13,14). The minimum atomic E-state index is 0.545. The van der Waals surface area contributed by atoms with Crippen molar-refractivity contribution in [3.05, 3.63) is 35.5 Å². The molecule has 0 spiro atoms. The van der Waals surface area contributed by atoms with E-state index in [9.17, 15) is 0 Å². The van der Waals surface area contributed by atoms with E-state index in [2.05, 4.69) is 36.3 Å². The molecule has 1 N–H and O–H groups in total. The van der Waals surface area contributed by atoms with Crippen LogP contribution in [0, 0.1) is 13.8 Å². The summed E-state index contributed by atoms with van der Waals surface area (Å²) in [6.07, 6.45) is 1.73. The van der Waals surface area contributed by atoms with Gasteiger partial charge in [0.25, 0.3) is 6.01 Å². The third-order valence-corrected chi connectivity index (χ3v) is 2.51. The first-order chi connectivity index (χ1) is 7.20. The van der Waals surface area contributed by atoms with Gasteiger partial charge in [-0.25, -0.2) is 4.98 Å². The van der Waals surface area contributed by atoms with Gasteiger partial charge in [-0.3, -0.25) is 0 Å². The highest BCUT2D eigenvalue weighted by Gasteiger charge is 2.05. The Balaban J connectivity index is 2.40. The van der Waals surface area contributed by atoms with Gasteiger partial charge in [0.2, 0.25) is 0 Å². The van der Waals surface area contributed by atoms with E-state index in [1.165, 1.54) is 11.1 Å². The fraction of sp³-hybridized carbons (Fsp3) is 0.250. The van der Waals surface area contributed by atoms with Crippen molar-refractivity contribution < 1.29 is 4.42 Å². The molecule has 0 aliphatic carbocycles. The second kappa shape index (κ2) is 3.77. The van der Waals surface area contributed by atoms with Crippen LogP contribution in [0.3, 0.4) is 0 Å². The van der Waals surface area contributed by atoms with E-state index in [0.29, 0.717) is 6.01 Å². The van der Waals surface area contributed by atoms with Gasteiger partial charge in [0.15, 0.2) is 5.76 Å². The molecule has 0 saturated carbocycles. The Morgan fingerprint density at radius 2 is 2.00 bits per heavy atom. The van der Waals surface area contributed by atoms with E-state index in [4.69, 9.17) is 4.42 Å². The number of nitrogens with zero attached hydrogens (tertiary/aromatic N) is 1. The molecule has 0 bridgehead atoms. The van der Waals surface area contributed by atoms with Gasteiger partial charge in [-0.2, -0.15) is 0 Å². The molecule has 15 heavy (non-hydrogen) atoms. The molecule has 1 aromatic carbocycles. The Bertz CT molecular complexity index is 474. The van der Waals surface area contributed by atoms with Crippen LogP contribution in [0.5, 0.6) is 0 Å². The van der Waals surface area contributed by atoms with Crippen LogP contribution in [0.4, 0.5) is 6.01 Å². The fourth-order valence-corrected chi connectivity index (χ4v) is 1.42. The van der Waals surface area contributed by atoms with Crippen LogP contribution in [0.2, 0.25) is 0 Å². The number of hydrogen-bond acceptors (Lipinski definition) is 3. The summed E-state index contributed by atoms with van der Waals surface area (Å²) in [6, 6.07) is 6.78. The molecule has 1 heterocycles. The summed E-state index contributed by atoms with van der Waals surface area (Å²) in [4.78, 5) is 4.09. The van der Waals surface area contributed by atoms with Crippen molar-refractivity contribution in [3.8, 4) is 11.3 Å². The van der Waals surface area contributed by atoms with Crippen LogP contribution >= 0.6 is 0 Å². The molecular weight excluding hydrogens is 188 g/mol. The molecule has 0 aliphatic rings. The van der Waals surface area contributed by atoms with Crippen molar-refractivity contribution in [2.24, 2.45) is 0 Å². The molecule has 78 valence electrons. The van der Waals surface area contributed by atoms with E-state index >= 15 is 0 Å². The van der Waals surface area contributed by atoms with Gasteiger partial charge in [0.1, 0.15) is 0 Å².